The van der Waals surface area contributed by atoms with Crippen LogP contribution in [0.4, 0.5) is 5.82 Å². The van der Waals surface area contributed by atoms with E-state index in [2.05, 4.69) is 4.98 Å². The van der Waals surface area contributed by atoms with Crippen LogP contribution in [-0.2, 0) is 0 Å². The van der Waals surface area contributed by atoms with Gasteiger partial charge >= 0.3 is 7.12 Å². The summed E-state index contributed by atoms with van der Waals surface area (Å²) < 4.78 is 85.3. The molecule has 0 saturated carbocycles. The van der Waals surface area contributed by atoms with E-state index in [0.717, 1.165) is 0 Å². The van der Waals surface area contributed by atoms with Crippen molar-refractivity contribution in [2.24, 2.45) is 0 Å². The molecule has 5 heteroatoms. The van der Waals surface area contributed by atoms with Crippen LogP contribution < -0.4 is 10.4 Å². The number of pyridine rings is 1. The smallest absolute Gasteiger partial charge is 0.423 e. The molecular weight excluding hydrogens is 179 g/mol. The summed E-state index contributed by atoms with van der Waals surface area (Å²) in [5.41, 5.74) is -0.852. The average molecular weight is 203 g/mol. The fourth-order valence-corrected chi connectivity index (χ4v) is 0.857. The first kappa shape index (κ1) is 2.96. The highest BCUT2D eigenvalue weighted by atomic mass is 16.4. The molecule has 2 rings (SSSR count). The van der Waals surface area contributed by atoms with Crippen LogP contribution in [-0.4, -0.2) is 35.1 Å². The van der Waals surface area contributed by atoms with Crippen molar-refractivity contribution < 1.29 is 25.1 Å². The van der Waals surface area contributed by atoms with E-state index in [1.54, 1.807) is 0 Å². The van der Waals surface area contributed by atoms with Gasteiger partial charge in [0.2, 0.25) is 0 Å². The lowest BCUT2D eigenvalue weighted by Crippen LogP contribution is -2.31. The summed E-state index contributed by atoms with van der Waals surface area (Å²) in [6, 6.07) is -1.87. The lowest BCUT2D eigenvalue weighted by Gasteiger charge is -2.16. The molecule has 1 fully saturated rings. The molecule has 0 spiro atoms. The Labute approximate surface area is 98.8 Å². The van der Waals surface area contributed by atoms with Crippen LogP contribution in [0.3, 0.4) is 0 Å². The lowest BCUT2D eigenvalue weighted by molar-refractivity contribution is 0.425. The van der Waals surface area contributed by atoms with Crippen LogP contribution >= 0.6 is 0 Å². The second-order valence-electron chi connectivity index (χ2n) is 2.39. The minimum absolute atomic E-state index is 0.0638. The van der Waals surface area contributed by atoms with Crippen LogP contribution in [0.5, 0.6) is 0 Å². The topological polar surface area (TPSA) is 56.6 Å². The van der Waals surface area contributed by atoms with Crippen molar-refractivity contribution in [1.29, 1.82) is 0 Å². The molecule has 0 aliphatic carbocycles. The second-order valence-corrected chi connectivity index (χ2v) is 2.39. The molecule has 1 aromatic heterocycles. The van der Waals surface area contributed by atoms with Gasteiger partial charge in [-0.25, -0.2) is 4.98 Å². The number of aromatic nitrogens is 1. The fourth-order valence-electron chi connectivity index (χ4n) is 0.857. The van der Waals surface area contributed by atoms with E-state index in [-0.39, 0.29) is 4.90 Å². The summed E-state index contributed by atoms with van der Waals surface area (Å²) in [5.74, 6) is -1.01. The SMILES string of the molecule is [2H]c1nc(N2C([2H])([2H])C([2H])([2H])C([2H])([2H])C2([2H])[2H])c([2H])c(B(O)O)c1[2H]. The highest BCUT2D eigenvalue weighted by molar-refractivity contribution is 6.58. The molecule has 0 amide bonds. The van der Waals surface area contributed by atoms with Gasteiger partial charge in [0.1, 0.15) is 5.82 Å². The highest BCUT2D eigenvalue weighted by Gasteiger charge is 2.16. The van der Waals surface area contributed by atoms with Crippen molar-refractivity contribution in [2.75, 3.05) is 17.9 Å². The number of anilines is 1. The van der Waals surface area contributed by atoms with Crippen LogP contribution in [0, 0.1) is 0 Å². The van der Waals surface area contributed by atoms with Gasteiger partial charge in [-0.3, -0.25) is 0 Å². The van der Waals surface area contributed by atoms with Gasteiger partial charge < -0.3 is 14.9 Å². The van der Waals surface area contributed by atoms with E-state index >= 15 is 0 Å². The molecule has 0 bridgehead atoms. The zero-order valence-corrected chi connectivity index (χ0v) is 6.87. The average Bonchev–Trinajstić information content (AvgIpc) is 2.49. The van der Waals surface area contributed by atoms with E-state index in [9.17, 15) is 10.0 Å². The Morgan fingerprint density at radius 1 is 1.50 bits per heavy atom. The maximum absolute atomic E-state index is 9.29. The van der Waals surface area contributed by atoms with Gasteiger partial charge in [-0.05, 0) is 30.3 Å². The number of hydrogen-bond acceptors (Lipinski definition) is 4. The Morgan fingerprint density at radius 3 is 2.86 bits per heavy atom. The minimum atomic E-state index is -3.38. The first-order valence-electron chi connectivity index (χ1n) is 9.17. The Balaban J connectivity index is 2.87. The van der Waals surface area contributed by atoms with Crippen molar-refractivity contribution in [3.63, 3.8) is 0 Å². The molecule has 1 saturated heterocycles. The van der Waals surface area contributed by atoms with Gasteiger partial charge in [0.05, 0.1) is 4.11 Å². The standard InChI is InChI=1S/C9H13BN2O2/c13-10(14)8-3-4-11-9(7-8)12-5-1-2-6-12/h3-4,7,13-14H,1-2,5-6H2/i1D2,2D2,3D,4D,5D2,6D2,7D. The zero-order valence-electron chi connectivity index (χ0n) is 17.9. The van der Waals surface area contributed by atoms with E-state index in [0.29, 0.717) is 0 Å². The highest BCUT2D eigenvalue weighted by Crippen LogP contribution is 2.15. The normalized spacial score (nSPS) is 41.9. The molecule has 74 valence electrons. The van der Waals surface area contributed by atoms with Crippen molar-refractivity contribution in [1.82, 2.24) is 4.98 Å². The molecule has 1 aliphatic heterocycles. The Morgan fingerprint density at radius 2 is 2.21 bits per heavy atom. The zero-order chi connectivity index (χ0) is 19.7. The third-order valence-electron chi connectivity index (χ3n) is 1.47. The van der Waals surface area contributed by atoms with Gasteiger partial charge in [-0.2, -0.15) is 0 Å². The molecule has 0 radical (unpaired) electrons. The Kier molecular flexibility index (Phi) is 0.843. The van der Waals surface area contributed by atoms with Gasteiger partial charge in [0.25, 0.3) is 0 Å². The van der Waals surface area contributed by atoms with Crippen molar-refractivity contribution in [3.8, 4) is 0 Å². The summed E-state index contributed by atoms with van der Waals surface area (Å²) in [7, 11) is -2.42. The minimum Gasteiger partial charge on any atom is -0.423 e. The molecule has 0 atom stereocenters. The monoisotopic (exact) mass is 203 g/mol. The molecule has 1 aromatic rings. The Bertz CT molecular complexity index is 700. The maximum Gasteiger partial charge on any atom is 0.488 e. The lowest BCUT2D eigenvalue weighted by atomic mass is 9.81. The molecule has 2 heterocycles. The quantitative estimate of drug-likeness (QED) is 0.628. The molecule has 1 aliphatic rings. The largest absolute Gasteiger partial charge is 0.488 e. The second kappa shape index (κ2) is 3.98. The van der Waals surface area contributed by atoms with E-state index in [1.165, 1.54) is 0 Å². The molecule has 14 heavy (non-hydrogen) atoms. The van der Waals surface area contributed by atoms with Crippen LogP contribution in [0.1, 0.15) is 27.8 Å². The molecule has 4 nitrogen and oxygen atoms in total. The van der Waals surface area contributed by atoms with Gasteiger partial charge in [-0.1, -0.05) is 0 Å². The van der Waals surface area contributed by atoms with E-state index in [4.69, 9.17) is 15.1 Å². The van der Waals surface area contributed by atoms with Crippen molar-refractivity contribution in [3.05, 3.63) is 18.3 Å². The summed E-state index contributed by atoms with van der Waals surface area (Å²) in [4.78, 5) is 3.34. The van der Waals surface area contributed by atoms with Crippen molar-refractivity contribution in [2.45, 2.75) is 12.7 Å². The maximum atomic E-state index is 9.29. The van der Waals surface area contributed by atoms with Crippen LogP contribution in [0.2, 0.25) is 0 Å². The summed E-state index contributed by atoms with van der Waals surface area (Å²) in [6.07, 6.45) is -7.69. The van der Waals surface area contributed by atoms with Gasteiger partial charge in [0.15, 0.2) is 0 Å². The molecular formula is C9H13BN2O2. The van der Waals surface area contributed by atoms with Crippen molar-refractivity contribution >= 4 is 18.4 Å². The van der Waals surface area contributed by atoms with E-state index in [1.807, 2.05) is 0 Å². The molecule has 0 unspecified atom stereocenters. The first-order chi connectivity index (χ1) is 11.0. The predicted molar refractivity (Wildman–Crippen MR) is 55.5 cm³/mol. The third kappa shape index (κ3) is 1.88. The van der Waals surface area contributed by atoms with Gasteiger partial charge in [0, 0.05) is 30.1 Å². The fraction of sp³-hybridized carbons (Fsp3) is 0.444. The van der Waals surface area contributed by atoms with Gasteiger partial charge in [-0.15, -0.1) is 0 Å². The molecule has 0 aromatic carbocycles. The van der Waals surface area contributed by atoms with Crippen LogP contribution in [0.15, 0.2) is 18.3 Å². The number of rotatable bonds is 2. The predicted octanol–water partition coefficient (Wildman–Crippen LogP) is -0.638. The summed E-state index contributed by atoms with van der Waals surface area (Å²) in [6.45, 7) is -6.67. The van der Waals surface area contributed by atoms with E-state index < -0.39 is 62.4 Å². The first-order valence-corrected chi connectivity index (χ1v) is 3.67. The third-order valence-corrected chi connectivity index (χ3v) is 1.47. The number of hydrogen-bond donors (Lipinski definition) is 2. The van der Waals surface area contributed by atoms with Crippen LogP contribution in [0.25, 0.3) is 0 Å². The summed E-state index contributed by atoms with van der Waals surface area (Å²) in [5, 5.41) is 18.6. The number of nitrogens with zero attached hydrogens (tertiary/aromatic N) is 2. The summed E-state index contributed by atoms with van der Waals surface area (Å²) >= 11 is 0. The Hall–Kier alpha value is -1.07. The molecule has 2 N–H and O–H groups in total.